The SMILES string of the molecule is COc1ccc(C2(CN)CCCC2)cc1OCC1CC1. The normalized spacial score (nSPS) is 20.9. The lowest BCUT2D eigenvalue weighted by Gasteiger charge is -2.28. The highest BCUT2D eigenvalue weighted by Crippen LogP contribution is 2.43. The molecule has 3 rings (SSSR count). The minimum Gasteiger partial charge on any atom is -0.493 e. The van der Waals surface area contributed by atoms with Gasteiger partial charge in [0.05, 0.1) is 13.7 Å². The van der Waals surface area contributed by atoms with Gasteiger partial charge in [-0.15, -0.1) is 0 Å². The maximum atomic E-state index is 6.08. The number of nitrogens with two attached hydrogens (primary N) is 1. The molecule has 0 radical (unpaired) electrons. The monoisotopic (exact) mass is 275 g/mol. The zero-order chi connectivity index (χ0) is 14.0. The Bertz CT molecular complexity index is 462. The second-order valence-electron chi connectivity index (χ2n) is 6.31. The Morgan fingerprint density at radius 3 is 2.55 bits per heavy atom. The maximum absolute atomic E-state index is 6.08. The van der Waals surface area contributed by atoms with Crippen LogP contribution in [-0.2, 0) is 5.41 Å². The van der Waals surface area contributed by atoms with Gasteiger partial charge in [-0.25, -0.2) is 0 Å². The highest BCUT2D eigenvalue weighted by atomic mass is 16.5. The summed E-state index contributed by atoms with van der Waals surface area (Å²) in [5, 5.41) is 0. The van der Waals surface area contributed by atoms with E-state index in [9.17, 15) is 0 Å². The lowest BCUT2D eigenvalue weighted by Crippen LogP contribution is -2.32. The molecule has 0 aromatic heterocycles. The number of rotatable bonds is 6. The van der Waals surface area contributed by atoms with Gasteiger partial charge in [0.25, 0.3) is 0 Å². The molecule has 0 atom stereocenters. The van der Waals surface area contributed by atoms with Crippen LogP contribution in [0.25, 0.3) is 0 Å². The predicted octanol–water partition coefficient (Wildman–Crippen LogP) is 3.25. The van der Waals surface area contributed by atoms with Gasteiger partial charge < -0.3 is 15.2 Å². The first-order chi connectivity index (χ1) is 9.77. The van der Waals surface area contributed by atoms with Gasteiger partial charge in [0.1, 0.15) is 0 Å². The minimum atomic E-state index is 0.157. The molecule has 2 fully saturated rings. The molecular formula is C17H25NO2. The van der Waals surface area contributed by atoms with Crippen LogP contribution in [0.4, 0.5) is 0 Å². The first-order valence-corrected chi connectivity index (χ1v) is 7.79. The van der Waals surface area contributed by atoms with Gasteiger partial charge in [-0.05, 0) is 49.3 Å². The van der Waals surface area contributed by atoms with E-state index in [0.29, 0.717) is 0 Å². The van der Waals surface area contributed by atoms with Crippen LogP contribution in [0.2, 0.25) is 0 Å². The minimum absolute atomic E-state index is 0.157. The number of methoxy groups -OCH3 is 1. The summed E-state index contributed by atoms with van der Waals surface area (Å²) in [6.45, 7) is 1.54. The molecular weight excluding hydrogens is 250 g/mol. The number of hydrogen-bond donors (Lipinski definition) is 1. The molecule has 2 N–H and O–H groups in total. The van der Waals surface area contributed by atoms with E-state index in [2.05, 4.69) is 12.1 Å². The van der Waals surface area contributed by atoms with Crippen molar-refractivity contribution in [3.05, 3.63) is 23.8 Å². The summed E-state index contributed by atoms with van der Waals surface area (Å²) in [4.78, 5) is 0. The molecule has 2 aliphatic carbocycles. The second-order valence-corrected chi connectivity index (χ2v) is 6.31. The van der Waals surface area contributed by atoms with E-state index in [0.717, 1.165) is 30.6 Å². The molecule has 3 nitrogen and oxygen atoms in total. The van der Waals surface area contributed by atoms with Gasteiger partial charge in [-0.3, -0.25) is 0 Å². The van der Waals surface area contributed by atoms with Gasteiger partial charge in [-0.2, -0.15) is 0 Å². The molecule has 2 saturated carbocycles. The smallest absolute Gasteiger partial charge is 0.161 e. The summed E-state index contributed by atoms with van der Waals surface area (Å²) in [6.07, 6.45) is 7.54. The van der Waals surface area contributed by atoms with E-state index < -0.39 is 0 Å². The predicted molar refractivity (Wildman–Crippen MR) is 80.4 cm³/mol. The van der Waals surface area contributed by atoms with Crippen molar-refractivity contribution < 1.29 is 9.47 Å². The molecule has 20 heavy (non-hydrogen) atoms. The third-order valence-electron chi connectivity index (χ3n) is 4.90. The summed E-state index contributed by atoms with van der Waals surface area (Å²) < 4.78 is 11.4. The van der Waals surface area contributed by atoms with Crippen molar-refractivity contribution in [1.29, 1.82) is 0 Å². The fraction of sp³-hybridized carbons (Fsp3) is 0.647. The van der Waals surface area contributed by atoms with Crippen molar-refractivity contribution in [2.75, 3.05) is 20.3 Å². The zero-order valence-electron chi connectivity index (χ0n) is 12.4. The summed E-state index contributed by atoms with van der Waals surface area (Å²) in [5.41, 5.74) is 7.56. The fourth-order valence-corrected chi connectivity index (χ4v) is 3.27. The average molecular weight is 275 g/mol. The summed E-state index contributed by atoms with van der Waals surface area (Å²) in [7, 11) is 1.70. The van der Waals surface area contributed by atoms with Gasteiger partial charge in [0, 0.05) is 12.0 Å². The Morgan fingerprint density at radius 2 is 1.95 bits per heavy atom. The lowest BCUT2D eigenvalue weighted by atomic mass is 9.79. The number of benzene rings is 1. The molecule has 0 aliphatic heterocycles. The first kappa shape index (κ1) is 13.7. The van der Waals surface area contributed by atoms with Crippen LogP contribution in [0.1, 0.15) is 44.1 Å². The molecule has 0 bridgehead atoms. The van der Waals surface area contributed by atoms with Crippen molar-refractivity contribution in [3.8, 4) is 11.5 Å². The molecule has 0 saturated heterocycles. The largest absolute Gasteiger partial charge is 0.493 e. The van der Waals surface area contributed by atoms with E-state index >= 15 is 0 Å². The van der Waals surface area contributed by atoms with Gasteiger partial charge >= 0.3 is 0 Å². The summed E-state index contributed by atoms with van der Waals surface area (Å²) in [5.74, 6) is 2.47. The molecule has 0 spiro atoms. The van der Waals surface area contributed by atoms with Crippen molar-refractivity contribution in [2.24, 2.45) is 11.7 Å². The number of hydrogen-bond acceptors (Lipinski definition) is 3. The van der Waals surface area contributed by atoms with E-state index in [4.69, 9.17) is 15.2 Å². The highest BCUT2D eigenvalue weighted by molar-refractivity contribution is 5.45. The van der Waals surface area contributed by atoms with Crippen LogP contribution in [0.3, 0.4) is 0 Å². The van der Waals surface area contributed by atoms with Crippen LogP contribution in [0.5, 0.6) is 11.5 Å². The molecule has 1 aromatic rings. The van der Waals surface area contributed by atoms with E-state index in [1.807, 2.05) is 6.07 Å². The maximum Gasteiger partial charge on any atom is 0.161 e. The van der Waals surface area contributed by atoms with Crippen LogP contribution >= 0.6 is 0 Å². The fourth-order valence-electron chi connectivity index (χ4n) is 3.27. The Morgan fingerprint density at radius 1 is 1.20 bits per heavy atom. The molecule has 110 valence electrons. The average Bonchev–Trinajstić information content (AvgIpc) is 3.20. The molecule has 0 unspecified atom stereocenters. The highest BCUT2D eigenvalue weighted by Gasteiger charge is 2.35. The standard InChI is InChI=1S/C17H25NO2/c1-19-15-7-6-14(17(12-18)8-2-3-9-17)10-16(15)20-11-13-4-5-13/h6-7,10,13H,2-5,8-9,11-12,18H2,1H3. The Labute approximate surface area is 121 Å². The number of ether oxygens (including phenoxy) is 2. The van der Waals surface area contributed by atoms with Crippen LogP contribution in [0, 0.1) is 5.92 Å². The van der Waals surface area contributed by atoms with Crippen molar-refractivity contribution in [3.63, 3.8) is 0 Å². The van der Waals surface area contributed by atoms with E-state index in [-0.39, 0.29) is 5.41 Å². The Kier molecular flexibility index (Phi) is 3.88. The topological polar surface area (TPSA) is 44.5 Å². The second kappa shape index (κ2) is 5.65. The lowest BCUT2D eigenvalue weighted by molar-refractivity contribution is 0.279. The van der Waals surface area contributed by atoms with Crippen molar-refractivity contribution in [1.82, 2.24) is 0 Å². The summed E-state index contributed by atoms with van der Waals surface area (Å²) >= 11 is 0. The van der Waals surface area contributed by atoms with Crippen molar-refractivity contribution >= 4 is 0 Å². The zero-order valence-corrected chi connectivity index (χ0v) is 12.4. The third kappa shape index (κ3) is 2.64. The Hall–Kier alpha value is -1.22. The van der Waals surface area contributed by atoms with Crippen LogP contribution in [-0.4, -0.2) is 20.3 Å². The van der Waals surface area contributed by atoms with Crippen molar-refractivity contribution in [2.45, 2.75) is 43.9 Å². The van der Waals surface area contributed by atoms with E-state index in [1.54, 1.807) is 7.11 Å². The third-order valence-corrected chi connectivity index (χ3v) is 4.90. The Balaban J connectivity index is 1.85. The van der Waals surface area contributed by atoms with Gasteiger partial charge in [-0.1, -0.05) is 18.9 Å². The molecule has 3 heteroatoms. The quantitative estimate of drug-likeness (QED) is 0.866. The molecule has 1 aromatic carbocycles. The molecule has 0 heterocycles. The van der Waals surface area contributed by atoms with Crippen LogP contribution < -0.4 is 15.2 Å². The molecule has 2 aliphatic rings. The van der Waals surface area contributed by atoms with E-state index in [1.165, 1.54) is 44.1 Å². The first-order valence-electron chi connectivity index (χ1n) is 7.79. The summed E-state index contributed by atoms with van der Waals surface area (Å²) in [6, 6.07) is 6.37. The molecule has 0 amide bonds. The van der Waals surface area contributed by atoms with Gasteiger partial charge in [0.15, 0.2) is 11.5 Å². The van der Waals surface area contributed by atoms with Gasteiger partial charge in [0.2, 0.25) is 0 Å². The van der Waals surface area contributed by atoms with Crippen LogP contribution in [0.15, 0.2) is 18.2 Å².